The fraction of sp³-hybridized carbons (Fsp3) is 1.00. The zero-order valence-electron chi connectivity index (χ0n) is 11.3. The number of nitrogens with two attached hydrogens (primary N) is 1. The summed E-state index contributed by atoms with van der Waals surface area (Å²) in [5.41, 5.74) is 6.23. The maximum atomic E-state index is 5.80. The number of hydrogen-bond acceptors (Lipinski definition) is 2. The molecule has 16 heavy (non-hydrogen) atoms. The normalized spacial score (nSPS) is 28.3. The monoisotopic (exact) mass is 248 g/mol. The van der Waals surface area contributed by atoms with Crippen LogP contribution in [0.4, 0.5) is 0 Å². The predicted octanol–water partition coefficient (Wildman–Crippen LogP) is 2.95. The van der Waals surface area contributed by atoms with Gasteiger partial charge in [0.05, 0.1) is 0 Å². The fourth-order valence-corrected chi connectivity index (χ4v) is 2.75. The first-order valence-corrected chi connectivity index (χ1v) is 6.40. The second-order valence-corrected chi connectivity index (χ2v) is 6.25. The Balaban J connectivity index is 0.00000225. The highest BCUT2D eigenvalue weighted by Gasteiger charge is 2.33. The van der Waals surface area contributed by atoms with Crippen LogP contribution in [0.25, 0.3) is 0 Å². The number of rotatable bonds is 3. The lowest BCUT2D eigenvalue weighted by molar-refractivity contribution is 0.130. The average molecular weight is 249 g/mol. The summed E-state index contributed by atoms with van der Waals surface area (Å²) in [6.45, 7) is 10.1. The summed E-state index contributed by atoms with van der Waals surface area (Å²) in [4.78, 5) is 0. The van der Waals surface area contributed by atoms with E-state index >= 15 is 0 Å². The van der Waals surface area contributed by atoms with E-state index in [9.17, 15) is 0 Å². The molecule has 0 amide bonds. The summed E-state index contributed by atoms with van der Waals surface area (Å²) in [5.74, 6) is 0.810. The number of hydrogen-bond donors (Lipinski definition) is 2. The van der Waals surface area contributed by atoms with Crippen molar-refractivity contribution in [1.29, 1.82) is 0 Å². The van der Waals surface area contributed by atoms with E-state index in [0.717, 1.165) is 12.5 Å². The lowest BCUT2D eigenvalue weighted by Gasteiger charge is -2.41. The minimum absolute atomic E-state index is 0. The SMILES string of the molecule is CC(N)CNC1CCCCC1C(C)(C)C.Cl. The van der Waals surface area contributed by atoms with Gasteiger partial charge >= 0.3 is 0 Å². The van der Waals surface area contributed by atoms with Gasteiger partial charge in [0.2, 0.25) is 0 Å². The van der Waals surface area contributed by atoms with Crippen molar-refractivity contribution in [3.63, 3.8) is 0 Å². The van der Waals surface area contributed by atoms with Crippen molar-refractivity contribution in [2.75, 3.05) is 6.54 Å². The molecule has 1 aliphatic carbocycles. The van der Waals surface area contributed by atoms with Crippen molar-refractivity contribution < 1.29 is 0 Å². The van der Waals surface area contributed by atoms with Gasteiger partial charge < -0.3 is 11.1 Å². The van der Waals surface area contributed by atoms with Crippen LogP contribution < -0.4 is 11.1 Å². The van der Waals surface area contributed by atoms with Crippen molar-refractivity contribution in [3.8, 4) is 0 Å². The molecule has 3 N–H and O–H groups in total. The standard InChI is InChI=1S/C13H28N2.ClH/c1-10(14)9-15-12-8-6-5-7-11(12)13(2,3)4;/h10-12,15H,5-9,14H2,1-4H3;1H. The molecule has 0 aromatic heterocycles. The van der Waals surface area contributed by atoms with Gasteiger partial charge in [-0.1, -0.05) is 33.6 Å². The molecule has 1 fully saturated rings. The summed E-state index contributed by atoms with van der Waals surface area (Å²) in [6.07, 6.45) is 5.48. The van der Waals surface area contributed by atoms with Gasteiger partial charge in [-0.2, -0.15) is 0 Å². The van der Waals surface area contributed by atoms with Crippen LogP contribution in [-0.4, -0.2) is 18.6 Å². The molecule has 98 valence electrons. The first kappa shape index (κ1) is 16.2. The Hall–Kier alpha value is 0.210. The molecule has 3 unspecified atom stereocenters. The lowest BCUT2D eigenvalue weighted by Crippen LogP contribution is -2.47. The van der Waals surface area contributed by atoms with E-state index in [2.05, 4.69) is 33.0 Å². The van der Waals surface area contributed by atoms with Crippen molar-refractivity contribution in [1.82, 2.24) is 5.32 Å². The van der Waals surface area contributed by atoms with Crippen molar-refractivity contribution in [3.05, 3.63) is 0 Å². The molecule has 1 aliphatic rings. The first-order chi connectivity index (χ1) is 6.91. The second-order valence-electron chi connectivity index (χ2n) is 6.25. The van der Waals surface area contributed by atoms with Crippen molar-refractivity contribution >= 4 is 12.4 Å². The van der Waals surface area contributed by atoms with Gasteiger partial charge in [-0.15, -0.1) is 12.4 Å². The summed E-state index contributed by atoms with van der Waals surface area (Å²) in [7, 11) is 0. The molecule has 0 aliphatic heterocycles. The summed E-state index contributed by atoms with van der Waals surface area (Å²) >= 11 is 0. The Bertz CT molecular complexity index is 187. The molecular formula is C13H29ClN2. The van der Waals surface area contributed by atoms with Crippen LogP contribution >= 0.6 is 12.4 Å². The summed E-state index contributed by atoms with van der Waals surface area (Å²) in [6, 6.07) is 0.956. The molecule has 0 saturated heterocycles. The quantitative estimate of drug-likeness (QED) is 0.806. The molecule has 0 radical (unpaired) electrons. The molecule has 0 bridgehead atoms. The number of halogens is 1. The molecule has 0 aromatic rings. The van der Waals surface area contributed by atoms with E-state index in [1.165, 1.54) is 25.7 Å². The molecule has 1 saturated carbocycles. The van der Waals surface area contributed by atoms with Gasteiger partial charge in [0.1, 0.15) is 0 Å². The first-order valence-electron chi connectivity index (χ1n) is 6.40. The van der Waals surface area contributed by atoms with E-state index in [1.54, 1.807) is 0 Å². The molecule has 0 aromatic carbocycles. The Morgan fingerprint density at radius 2 is 1.81 bits per heavy atom. The summed E-state index contributed by atoms with van der Waals surface area (Å²) in [5, 5.41) is 3.65. The molecule has 3 atom stereocenters. The van der Waals surface area contributed by atoms with Gasteiger partial charge in [-0.3, -0.25) is 0 Å². The topological polar surface area (TPSA) is 38.0 Å². The molecule has 0 spiro atoms. The molecular weight excluding hydrogens is 220 g/mol. The third kappa shape index (κ3) is 5.03. The van der Waals surface area contributed by atoms with Crippen LogP contribution in [0.5, 0.6) is 0 Å². The zero-order valence-corrected chi connectivity index (χ0v) is 12.1. The van der Waals surface area contributed by atoms with Gasteiger partial charge in [0.15, 0.2) is 0 Å². The molecule has 2 nitrogen and oxygen atoms in total. The number of nitrogens with one attached hydrogen (secondary N) is 1. The van der Waals surface area contributed by atoms with E-state index in [1.807, 2.05) is 0 Å². The zero-order chi connectivity index (χ0) is 11.5. The average Bonchev–Trinajstić information content (AvgIpc) is 2.13. The van der Waals surface area contributed by atoms with Crippen LogP contribution in [0.3, 0.4) is 0 Å². The Kier molecular flexibility index (Phi) is 6.92. The Labute approximate surface area is 107 Å². The van der Waals surface area contributed by atoms with Crippen LogP contribution in [0.1, 0.15) is 53.4 Å². The van der Waals surface area contributed by atoms with Gasteiger partial charge in [0, 0.05) is 18.6 Å². The summed E-state index contributed by atoms with van der Waals surface area (Å²) < 4.78 is 0. The third-order valence-corrected chi connectivity index (χ3v) is 3.58. The van der Waals surface area contributed by atoms with Crippen molar-refractivity contribution in [2.45, 2.75) is 65.5 Å². The largest absolute Gasteiger partial charge is 0.327 e. The molecule has 1 rings (SSSR count). The smallest absolute Gasteiger partial charge is 0.0136 e. The Morgan fingerprint density at radius 3 is 2.31 bits per heavy atom. The van der Waals surface area contributed by atoms with E-state index in [0.29, 0.717) is 11.5 Å². The highest BCUT2D eigenvalue weighted by Crippen LogP contribution is 2.37. The fourth-order valence-electron chi connectivity index (χ4n) is 2.75. The van der Waals surface area contributed by atoms with Crippen LogP contribution in [0.15, 0.2) is 0 Å². The van der Waals surface area contributed by atoms with Gasteiger partial charge in [-0.25, -0.2) is 0 Å². The van der Waals surface area contributed by atoms with Gasteiger partial charge in [-0.05, 0) is 31.1 Å². The van der Waals surface area contributed by atoms with Crippen LogP contribution in [0, 0.1) is 11.3 Å². The highest BCUT2D eigenvalue weighted by atomic mass is 35.5. The highest BCUT2D eigenvalue weighted by molar-refractivity contribution is 5.85. The van der Waals surface area contributed by atoms with Crippen LogP contribution in [0.2, 0.25) is 0 Å². The molecule has 3 heteroatoms. The predicted molar refractivity (Wildman–Crippen MR) is 74.1 cm³/mol. The van der Waals surface area contributed by atoms with E-state index < -0.39 is 0 Å². The second kappa shape index (κ2) is 6.83. The van der Waals surface area contributed by atoms with Gasteiger partial charge in [0.25, 0.3) is 0 Å². The molecule has 0 heterocycles. The lowest BCUT2D eigenvalue weighted by atomic mass is 9.69. The minimum atomic E-state index is 0. The maximum absolute atomic E-state index is 5.80. The maximum Gasteiger partial charge on any atom is 0.0136 e. The van der Waals surface area contributed by atoms with Crippen LogP contribution in [-0.2, 0) is 0 Å². The third-order valence-electron chi connectivity index (χ3n) is 3.58. The Morgan fingerprint density at radius 1 is 1.25 bits per heavy atom. The van der Waals surface area contributed by atoms with Crippen molar-refractivity contribution in [2.24, 2.45) is 17.1 Å². The van der Waals surface area contributed by atoms with E-state index in [-0.39, 0.29) is 18.4 Å². The minimum Gasteiger partial charge on any atom is -0.327 e. The van der Waals surface area contributed by atoms with E-state index in [4.69, 9.17) is 5.73 Å².